The zero-order valence-corrected chi connectivity index (χ0v) is 12.1. The zero-order valence-electron chi connectivity index (χ0n) is 11.3. The van der Waals surface area contributed by atoms with Gasteiger partial charge in [-0.2, -0.15) is 0 Å². The molecule has 0 fully saturated rings. The Morgan fingerprint density at radius 1 is 1.33 bits per heavy atom. The molecule has 0 atom stereocenters. The molecule has 0 spiro atoms. The van der Waals surface area contributed by atoms with Crippen LogP contribution in [0.4, 0.5) is 10.1 Å². The van der Waals surface area contributed by atoms with Crippen molar-refractivity contribution in [2.24, 2.45) is 0 Å². The molecule has 0 aliphatic rings. The van der Waals surface area contributed by atoms with E-state index >= 15 is 0 Å². The largest absolute Gasteiger partial charge is 0.508 e. The number of phenolic OH excluding ortho intramolecular Hbond substituents is 1. The molecule has 4 nitrogen and oxygen atoms in total. The lowest BCUT2D eigenvalue weighted by molar-refractivity contribution is 0.0780. The van der Waals surface area contributed by atoms with E-state index in [-0.39, 0.29) is 17.9 Å². The summed E-state index contributed by atoms with van der Waals surface area (Å²) in [7, 11) is 1.54. The number of benzene rings is 2. The zero-order chi connectivity index (χ0) is 15.6. The highest BCUT2D eigenvalue weighted by Crippen LogP contribution is 2.22. The van der Waals surface area contributed by atoms with Crippen LogP contribution in [-0.2, 0) is 6.54 Å². The van der Waals surface area contributed by atoms with E-state index < -0.39 is 11.7 Å². The molecule has 0 bridgehead atoms. The predicted molar refractivity (Wildman–Crippen MR) is 79.7 cm³/mol. The smallest absolute Gasteiger partial charge is 0.256 e. The number of nitrogen functional groups attached to an aromatic ring is 1. The van der Waals surface area contributed by atoms with E-state index in [4.69, 9.17) is 22.4 Å². The first kappa shape index (κ1) is 15.1. The van der Waals surface area contributed by atoms with Crippen molar-refractivity contribution < 1.29 is 14.3 Å². The number of halogens is 2. The summed E-state index contributed by atoms with van der Waals surface area (Å²) < 4.78 is 13.7. The summed E-state index contributed by atoms with van der Waals surface area (Å²) in [6, 6.07) is 8.37. The average Bonchev–Trinajstić information content (AvgIpc) is 2.42. The summed E-state index contributed by atoms with van der Waals surface area (Å²) in [5, 5.41) is 9.65. The van der Waals surface area contributed by atoms with E-state index in [0.29, 0.717) is 16.3 Å². The monoisotopic (exact) mass is 308 g/mol. The maximum Gasteiger partial charge on any atom is 0.256 e. The highest BCUT2D eigenvalue weighted by Gasteiger charge is 2.17. The lowest BCUT2D eigenvalue weighted by Crippen LogP contribution is -2.27. The highest BCUT2D eigenvalue weighted by atomic mass is 35.5. The fourth-order valence-corrected chi connectivity index (χ4v) is 2.10. The van der Waals surface area contributed by atoms with Crippen LogP contribution in [-0.4, -0.2) is 23.0 Å². The first-order chi connectivity index (χ1) is 9.88. The van der Waals surface area contributed by atoms with Crippen molar-refractivity contribution in [3.05, 3.63) is 58.4 Å². The summed E-state index contributed by atoms with van der Waals surface area (Å²) >= 11 is 6.04. The quantitative estimate of drug-likeness (QED) is 0.856. The van der Waals surface area contributed by atoms with E-state index in [1.54, 1.807) is 18.2 Å². The van der Waals surface area contributed by atoms with Gasteiger partial charge in [-0.1, -0.05) is 11.6 Å². The van der Waals surface area contributed by atoms with Gasteiger partial charge in [0.15, 0.2) is 0 Å². The maximum absolute atomic E-state index is 13.7. The summed E-state index contributed by atoms with van der Waals surface area (Å²) in [5.74, 6) is -1.51. The molecule has 0 aromatic heterocycles. The molecule has 2 rings (SSSR count). The van der Waals surface area contributed by atoms with Crippen molar-refractivity contribution in [2.75, 3.05) is 12.8 Å². The number of anilines is 1. The number of rotatable bonds is 3. The van der Waals surface area contributed by atoms with Crippen LogP contribution in [0, 0.1) is 5.82 Å². The molecule has 3 N–H and O–H groups in total. The molecule has 21 heavy (non-hydrogen) atoms. The highest BCUT2D eigenvalue weighted by molar-refractivity contribution is 6.31. The Labute approximate surface area is 126 Å². The summed E-state index contributed by atoms with van der Waals surface area (Å²) in [4.78, 5) is 13.5. The summed E-state index contributed by atoms with van der Waals surface area (Å²) in [6.07, 6.45) is 0. The fourth-order valence-electron chi connectivity index (χ4n) is 1.93. The van der Waals surface area contributed by atoms with E-state index in [1.165, 1.54) is 24.1 Å². The molecule has 0 heterocycles. The van der Waals surface area contributed by atoms with Gasteiger partial charge in [0.2, 0.25) is 0 Å². The van der Waals surface area contributed by atoms with E-state index in [1.807, 2.05) is 0 Å². The normalized spacial score (nSPS) is 10.4. The van der Waals surface area contributed by atoms with Crippen LogP contribution in [0.2, 0.25) is 5.02 Å². The van der Waals surface area contributed by atoms with Crippen molar-refractivity contribution in [2.45, 2.75) is 6.54 Å². The summed E-state index contributed by atoms with van der Waals surface area (Å²) in [5.41, 5.74) is 6.77. The van der Waals surface area contributed by atoms with Crippen molar-refractivity contribution in [1.29, 1.82) is 0 Å². The minimum atomic E-state index is -0.773. The molecule has 2 aromatic rings. The topological polar surface area (TPSA) is 66.6 Å². The molecule has 110 valence electrons. The van der Waals surface area contributed by atoms with Gasteiger partial charge in [-0.05, 0) is 35.9 Å². The van der Waals surface area contributed by atoms with E-state index in [2.05, 4.69) is 0 Å². The average molecular weight is 309 g/mol. The molecule has 0 unspecified atom stereocenters. The van der Waals surface area contributed by atoms with Gasteiger partial charge in [0.1, 0.15) is 11.6 Å². The molecule has 0 aliphatic carbocycles. The number of carbonyl (C=O) groups excluding carboxylic acids is 1. The number of phenols is 1. The fraction of sp³-hybridized carbons (Fsp3) is 0.133. The Kier molecular flexibility index (Phi) is 4.33. The molecule has 0 aliphatic heterocycles. The Hall–Kier alpha value is -2.27. The number of nitrogens with two attached hydrogens (primary N) is 1. The number of aromatic hydroxyl groups is 1. The lowest BCUT2D eigenvalue weighted by Gasteiger charge is -2.18. The minimum Gasteiger partial charge on any atom is -0.508 e. The van der Waals surface area contributed by atoms with Crippen LogP contribution in [0.25, 0.3) is 0 Å². The molecule has 0 saturated heterocycles. The number of hydrogen-bond donors (Lipinski definition) is 2. The predicted octanol–water partition coefficient (Wildman–Crippen LogP) is 3.04. The van der Waals surface area contributed by atoms with Crippen LogP contribution in [0.5, 0.6) is 5.75 Å². The van der Waals surface area contributed by atoms with Gasteiger partial charge in [0, 0.05) is 30.4 Å². The molecule has 0 radical (unpaired) electrons. The SMILES string of the molecule is CN(Cc1cc(N)ccc1Cl)C(=O)c1ccc(O)cc1F. The standard InChI is InChI=1S/C15H14ClFN2O2/c1-19(8-9-6-10(18)2-5-13(9)16)15(21)12-4-3-11(20)7-14(12)17/h2-7,20H,8,18H2,1H3. The van der Waals surface area contributed by atoms with Crippen molar-refractivity contribution in [3.8, 4) is 5.75 Å². The molecule has 2 aromatic carbocycles. The first-order valence-electron chi connectivity index (χ1n) is 6.16. The van der Waals surface area contributed by atoms with Gasteiger partial charge >= 0.3 is 0 Å². The lowest BCUT2D eigenvalue weighted by atomic mass is 10.1. The first-order valence-corrected chi connectivity index (χ1v) is 6.54. The Balaban J connectivity index is 2.21. The van der Waals surface area contributed by atoms with E-state index in [9.17, 15) is 9.18 Å². The molecular weight excluding hydrogens is 295 g/mol. The van der Waals surface area contributed by atoms with Gasteiger partial charge in [-0.25, -0.2) is 4.39 Å². The Morgan fingerprint density at radius 3 is 2.71 bits per heavy atom. The van der Waals surface area contributed by atoms with Crippen molar-refractivity contribution in [1.82, 2.24) is 4.90 Å². The van der Waals surface area contributed by atoms with Crippen LogP contribution in [0.3, 0.4) is 0 Å². The minimum absolute atomic E-state index is 0.115. The second-order valence-corrected chi connectivity index (χ2v) is 5.08. The van der Waals surface area contributed by atoms with Crippen molar-refractivity contribution in [3.63, 3.8) is 0 Å². The second-order valence-electron chi connectivity index (χ2n) is 4.68. The molecule has 6 heteroatoms. The van der Waals surface area contributed by atoms with Gasteiger partial charge < -0.3 is 15.7 Å². The Morgan fingerprint density at radius 2 is 2.05 bits per heavy atom. The Bertz CT molecular complexity index is 691. The number of nitrogens with zero attached hydrogens (tertiary/aromatic N) is 1. The third kappa shape index (κ3) is 3.44. The molecule has 0 saturated carbocycles. The third-order valence-corrected chi connectivity index (χ3v) is 3.38. The van der Waals surface area contributed by atoms with Gasteiger partial charge in [-0.15, -0.1) is 0 Å². The van der Waals surface area contributed by atoms with Gasteiger partial charge in [-0.3, -0.25) is 4.79 Å². The summed E-state index contributed by atoms with van der Waals surface area (Å²) in [6.45, 7) is 0.197. The number of amides is 1. The van der Waals surface area contributed by atoms with Crippen LogP contribution in [0.15, 0.2) is 36.4 Å². The molecule has 1 amide bonds. The van der Waals surface area contributed by atoms with Crippen LogP contribution in [0.1, 0.15) is 15.9 Å². The second kappa shape index (κ2) is 6.01. The van der Waals surface area contributed by atoms with Crippen LogP contribution >= 0.6 is 11.6 Å². The van der Waals surface area contributed by atoms with Gasteiger partial charge in [0.05, 0.1) is 5.56 Å². The van der Waals surface area contributed by atoms with E-state index in [0.717, 1.165) is 6.07 Å². The third-order valence-electron chi connectivity index (χ3n) is 3.01. The number of hydrogen-bond acceptors (Lipinski definition) is 3. The molecular formula is C15H14ClFN2O2. The number of carbonyl (C=O) groups is 1. The van der Waals surface area contributed by atoms with Crippen molar-refractivity contribution >= 4 is 23.2 Å². The van der Waals surface area contributed by atoms with Crippen LogP contribution < -0.4 is 5.73 Å². The maximum atomic E-state index is 13.7. The van der Waals surface area contributed by atoms with Gasteiger partial charge in [0.25, 0.3) is 5.91 Å².